The second-order valence-electron chi connectivity index (χ2n) is 4.73. The topological polar surface area (TPSA) is 20.2 Å². The fraction of sp³-hybridized carbons (Fsp3) is 0.833. The van der Waals surface area contributed by atoms with Gasteiger partial charge in [0.05, 0.1) is 6.10 Å². The molecule has 0 aliphatic heterocycles. The Morgan fingerprint density at radius 3 is 2.50 bits per heavy atom. The first-order chi connectivity index (χ1) is 6.71. The van der Waals surface area contributed by atoms with Crippen molar-refractivity contribution in [1.29, 1.82) is 0 Å². The number of aliphatic hydroxyl groups is 1. The largest absolute Gasteiger partial charge is 0.393 e. The standard InChI is InChI=1S/C12H19FO/c13-12(8-2-1-3-9-12)10-4-6-11(14)7-5-10/h2,8,10-11,14H,1,3-7,9H2. The molecule has 2 aliphatic rings. The molecule has 0 aromatic carbocycles. The summed E-state index contributed by atoms with van der Waals surface area (Å²) in [6, 6.07) is 0. The maximum atomic E-state index is 14.4. The molecule has 14 heavy (non-hydrogen) atoms. The van der Waals surface area contributed by atoms with Crippen molar-refractivity contribution in [3.63, 3.8) is 0 Å². The van der Waals surface area contributed by atoms with Gasteiger partial charge in [-0.25, -0.2) is 4.39 Å². The van der Waals surface area contributed by atoms with E-state index >= 15 is 0 Å². The molecule has 1 nitrogen and oxygen atoms in total. The molecule has 1 atom stereocenters. The van der Waals surface area contributed by atoms with E-state index in [9.17, 15) is 9.50 Å². The van der Waals surface area contributed by atoms with E-state index in [2.05, 4.69) is 0 Å². The summed E-state index contributed by atoms with van der Waals surface area (Å²) in [7, 11) is 0. The normalized spacial score (nSPS) is 43.9. The molecule has 1 saturated carbocycles. The lowest BCUT2D eigenvalue weighted by Gasteiger charge is -2.37. The quantitative estimate of drug-likeness (QED) is 0.642. The van der Waals surface area contributed by atoms with Crippen LogP contribution in [-0.4, -0.2) is 16.9 Å². The Morgan fingerprint density at radius 2 is 1.93 bits per heavy atom. The van der Waals surface area contributed by atoms with Gasteiger partial charge >= 0.3 is 0 Å². The molecular weight excluding hydrogens is 179 g/mol. The fourth-order valence-electron chi connectivity index (χ4n) is 2.75. The Balaban J connectivity index is 1.99. The van der Waals surface area contributed by atoms with E-state index in [0.29, 0.717) is 6.42 Å². The summed E-state index contributed by atoms with van der Waals surface area (Å²) in [5.74, 6) is 0.155. The minimum Gasteiger partial charge on any atom is -0.393 e. The number of hydrogen-bond acceptors (Lipinski definition) is 1. The van der Waals surface area contributed by atoms with Crippen LogP contribution in [0.1, 0.15) is 44.9 Å². The predicted molar refractivity (Wildman–Crippen MR) is 54.8 cm³/mol. The van der Waals surface area contributed by atoms with Gasteiger partial charge in [-0.1, -0.05) is 12.2 Å². The van der Waals surface area contributed by atoms with Crippen LogP contribution in [0.5, 0.6) is 0 Å². The summed E-state index contributed by atoms with van der Waals surface area (Å²) in [5, 5.41) is 9.37. The third-order valence-corrected chi connectivity index (χ3v) is 3.70. The first kappa shape index (κ1) is 10.2. The van der Waals surface area contributed by atoms with E-state index in [-0.39, 0.29) is 12.0 Å². The number of rotatable bonds is 1. The Kier molecular flexibility index (Phi) is 2.91. The average Bonchev–Trinajstić information content (AvgIpc) is 2.19. The SMILES string of the molecule is OC1CCC(C2(F)C=CCCC2)CC1. The van der Waals surface area contributed by atoms with Crippen molar-refractivity contribution in [2.75, 3.05) is 0 Å². The molecule has 0 saturated heterocycles. The molecule has 0 aromatic heterocycles. The van der Waals surface area contributed by atoms with Crippen molar-refractivity contribution in [2.24, 2.45) is 5.92 Å². The van der Waals surface area contributed by atoms with Gasteiger partial charge in [0, 0.05) is 0 Å². The molecule has 0 radical (unpaired) electrons. The molecule has 1 unspecified atom stereocenters. The highest BCUT2D eigenvalue weighted by Gasteiger charge is 2.38. The van der Waals surface area contributed by atoms with Gasteiger partial charge in [0.15, 0.2) is 0 Å². The highest BCUT2D eigenvalue weighted by Crippen LogP contribution is 2.41. The molecule has 1 N–H and O–H groups in total. The smallest absolute Gasteiger partial charge is 0.132 e. The molecule has 0 aromatic rings. The third kappa shape index (κ3) is 2.00. The van der Waals surface area contributed by atoms with Gasteiger partial charge in [0.1, 0.15) is 5.67 Å². The summed E-state index contributed by atoms with van der Waals surface area (Å²) in [6.45, 7) is 0. The van der Waals surface area contributed by atoms with Gasteiger partial charge < -0.3 is 5.11 Å². The van der Waals surface area contributed by atoms with Gasteiger partial charge in [-0.3, -0.25) is 0 Å². The minimum atomic E-state index is -1.06. The Hall–Kier alpha value is -0.370. The number of hydrogen-bond donors (Lipinski definition) is 1. The van der Waals surface area contributed by atoms with E-state index < -0.39 is 5.67 Å². The van der Waals surface area contributed by atoms with Crippen LogP contribution in [0.25, 0.3) is 0 Å². The van der Waals surface area contributed by atoms with Crippen molar-refractivity contribution < 1.29 is 9.50 Å². The first-order valence-electron chi connectivity index (χ1n) is 5.75. The van der Waals surface area contributed by atoms with E-state index in [4.69, 9.17) is 0 Å². The number of aliphatic hydroxyl groups excluding tert-OH is 1. The van der Waals surface area contributed by atoms with Gasteiger partial charge in [-0.2, -0.15) is 0 Å². The average molecular weight is 198 g/mol. The molecule has 0 amide bonds. The van der Waals surface area contributed by atoms with Crippen molar-refractivity contribution >= 4 is 0 Å². The molecule has 80 valence electrons. The first-order valence-corrected chi connectivity index (χ1v) is 5.75. The Bertz CT molecular complexity index is 218. The van der Waals surface area contributed by atoms with E-state index in [1.54, 1.807) is 6.08 Å². The molecule has 1 fully saturated rings. The number of allylic oxidation sites excluding steroid dienone is 2. The molecule has 0 heterocycles. The lowest BCUT2D eigenvalue weighted by atomic mass is 9.73. The second-order valence-corrected chi connectivity index (χ2v) is 4.73. The van der Waals surface area contributed by atoms with Crippen LogP contribution in [0.3, 0.4) is 0 Å². The van der Waals surface area contributed by atoms with Crippen molar-refractivity contribution in [3.8, 4) is 0 Å². The van der Waals surface area contributed by atoms with Crippen LogP contribution in [0.4, 0.5) is 4.39 Å². The van der Waals surface area contributed by atoms with E-state index in [0.717, 1.165) is 38.5 Å². The van der Waals surface area contributed by atoms with Crippen molar-refractivity contribution in [1.82, 2.24) is 0 Å². The molecule has 0 bridgehead atoms. The van der Waals surface area contributed by atoms with Crippen LogP contribution in [0.15, 0.2) is 12.2 Å². The number of halogens is 1. The van der Waals surface area contributed by atoms with Crippen LogP contribution < -0.4 is 0 Å². The van der Waals surface area contributed by atoms with E-state index in [1.165, 1.54) is 0 Å². The highest BCUT2D eigenvalue weighted by molar-refractivity contribution is 5.09. The maximum Gasteiger partial charge on any atom is 0.132 e. The predicted octanol–water partition coefficient (Wildman–Crippen LogP) is 2.99. The molecule has 0 spiro atoms. The monoisotopic (exact) mass is 198 g/mol. The zero-order valence-corrected chi connectivity index (χ0v) is 8.58. The molecule has 2 heteroatoms. The minimum absolute atomic E-state index is 0.155. The Morgan fingerprint density at radius 1 is 1.21 bits per heavy atom. The lowest BCUT2D eigenvalue weighted by molar-refractivity contribution is 0.0403. The summed E-state index contributed by atoms with van der Waals surface area (Å²) in [4.78, 5) is 0. The summed E-state index contributed by atoms with van der Waals surface area (Å²) < 4.78 is 14.4. The zero-order valence-electron chi connectivity index (χ0n) is 8.58. The lowest BCUT2D eigenvalue weighted by Crippen LogP contribution is -2.36. The van der Waals surface area contributed by atoms with Crippen LogP contribution in [0, 0.1) is 5.92 Å². The van der Waals surface area contributed by atoms with Crippen LogP contribution in [0.2, 0.25) is 0 Å². The third-order valence-electron chi connectivity index (χ3n) is 3.70. The summed E-state index contributed by atoms with van der Waals surface area (Å²) >= 11 is 0. The molecular formula is C12H19FO. The van der Waals surface area contributed by atoms with Crippen LogP contribution in [-0.2, 0) is 0 Å². The van der Waals surface area contributed by atoms with Crippen molar-refractivity contribution in [2.45, 2.75) is 56.7 Å². The van der Waals surface area contributed by atoms with E-state index in [1.807, 2.05) is 6.08 Å². The summed E-state index contributed by atoms with van der Waals surface area (Å²) in [6.07, 6.45) is 9.53. The maximum absolute atomic E-state index is 14.4. The second kappa shape index (κ2) is 4.01. The fourth-order valence-corrected chi connectivity index (χ4v) is 2.75. The van der Waals surface area contributed by atoms with Crippen molar-refractivity contribution in [3.05, 3.63) is 12.2 Å². The number of alkyl halides is 1. The Labute approximate surface area is 85.0 Å². The van der Waals surface area contributed by atoms with Crippen LogP contribution >= 0.6 is 0 Å². The van der Waals surface area contributed by atoms with Gasteiger partial charge in [0.25, 0.3) is 0 Å². The van der Waals surface area contributed by atoms with Gasteiger partial charge in [0.2, 0.25) is 0 Å². The zero-order chi connectivity index (χ0) is 10.0. The molecule has 2 aliphatic carbocycles. The van der Waals surface area contributed by atoms with Gasteiger partial charge in [-0.05, 0) is 50.9 Å². The van der Waals surface area contributed by atoms with Gasteiger partial charge in [-0.15, -0.1) is 0 Å². The summed E-state index contributed by atoms with van der Waals surface area (Å²) in [5.41, 5.74) is -1.06. The molecule has 2 rings (SSSR count). The highest BCUT2D eigenvalue weighted by atomic mass is 19.1.